The van der Waals surface area contributed by atoms with Crippen molar-refractivity contribution < 1.29 is 28.6 Å². The fourth-order valence-corrected chi connectivity index (χ4v) is 4.89. The highest BCUT2D eigenvalue weighted by Gasteiger charge is 2.45. The second-order valence-corrected chi connectivity index (χ2v) is 13.0. The van der Waals surface area contributed by atoms with Crippen LogP contribution >= 0.6 is 0 Å². The van der Waals surface area contributed by atoms with Crippen molar-refractivity contribution in [2.24, 2.45) is 11.3 Å². The van der Waals surface area contributed by atoms with E-state index >= 15 is 0 Å². The average Bonchev–Trinajstić information content (AvgIpc) is 2.94. The molecule has 0 radical (unpaired) electrons. The number of amides is 2. The van der Waals surface area contributed by atoms with E-state index < -0.39 is 17.3 Å². The van der Waals surface area contributed by atoms with E-state index in [1.54, 1.807) is 13.8 Å². The van der Waals surface area contributed by atoms with Crippen molar-refractivity contribution >= 4 is 17.8 Å². The van der Waals surface area contributed by atoms with Crippen LogP contribution in [0.25, 0.3) is 0 Å². The monoisotopic (exact) mass is 594 g/mol. The summed E-state index contributed by atoms with van der Waals surface area (Å²) in [5, 5.41) is 5.72. The van der Waals surface area contributed by atoms with Gasteiger partial charge >= 0.3 is 5.97 Å². The summed E-state index contributed by atoms with van der Waals surface area (Å²) in [7, 11) is 0. The number of carbonyl (C=O) groups excluding carboxylic acids is 3. The normalized spacial score (nSPS) is 18.5. The van der Waals surface area contributed by atoms with Crippen LogP contribution in [0, 0.1) is 11.3 Å². The molecular weight excluding hydrogens is 532 g/mol. The predicted octanol–water partition coefficient (Wildman–Crippen LogP) is 7.00. The van der Waals surface area contributed by atoms with Crippen molar-refractivity contribution in [1.82, 2.24) is 10.6 Å². The van der Waals surface area contributed by atoms with Gasteiger partial charge in [-0.2, -0.15) is 0 Å². The van der Waals surface area contributed by atoms with Gasteiger partial charge in [0.1, 0.15) is 6.10 Å². The summed E-state index contributed by atoms with van der Waals surface area (Å²) >= 11 is 0. The van der Waals surface area contributed by atoms with Gasteiger partial charge in [0, 0.05) is 24.4 Å². The molecule has 2 amide bonds. The lowest BCUT2D eigenvalue weighted by Crippen LogP contribution is -2.56. The second kappa shape index (κ2) is 21.7. The van der Waals surface area contributed by atoms with Gasteiger partial charge < -0.3 is 24.8 Å². The highest BCUT2D eigenvalue weighted by Crippen LogP contribution is 2.34. The Bertz CT molecular complexity index is 795. The van der Waals surface area contributed by atoms with Gasteiger partial charge in [-0.25, -0.2) is 0 Å². The third-order valence-corrected chi connectivity index (χ3v) is 7.75. The summed E-state index contributed by atoms with van der Waals surface area (Å²) in [5.41, 5.74) is -0.466. The Balaban J connectivity index is 2.00. The molecule has 1 heterocycles. The summed E-state index contributed by atoms with van der Waals surface area (Å²) in [4.78, 5) is 37.0. The lowest BCUT2D eigenvalue weighted by molar-refractivity contribution is -0.304. The zero-order chi connectivity index (χ0) is 31.3. The molecule has 1 aliphatic rings. The number of nitrogens with one attached hydrogen (secondary N) is 2. The van der Waals surface area contributed by atoms with Crippen LogP contribution in [0.15, 0.2) is 12.2 Å². The van der Waals surface area contributed by atoms with Gasteiger partial charge in [-0.05, 0) is 52.4 Å². The molecule has 8 nitrogen and oxygen atoms in total. The van der Waals surface area contributed by atoms with Crippen LogP contribution in [0.4, 0.5) is 0 Å². The van der Waals surface area contributed by atoms with E-state index in [-0.39, 0.29) is 43.3 Å². The third-order valence-electron chi connectivity index (χ3n) is 7.75. The summed E-state index contributed by atoms with van der Waals surface area (Å²) in [5.74, 6) is -1.41. The molecule has 2 N–H and O–H groups in total. The highest BCUT2D eigenvalue weighted by atomic mass is 16.7. The molecule has 42 heavy (non-hydrogen) atoms. The molecule has 0 saturated carbocycles. The molecule has 244 valence electrons. The third kappa shape index (κ3) is 17.9. The van der Waals surface area contributed by atoms with Crippen molar-refractivity contribution in [3.63, 3.8) is 0 Å². The van der Waals surface area contributed by atoms with Gasteiger partial charge in [-0.1, -0.05) is 91.2 Å². The second-order valence-electron chi connectivity index (χ2n) is 13.0. The zero-order valence-corrected chi connectivity index (χ0v) is 27.7. The largest absolute Gasteiger partial charge is 0.466 e. The van der Waals surface area contributed by atoms with Gasteiger partial charge in [0.25, 0.3) is 0 Å². The Morgan fingerprint density at radius 1 is 0.857 bits per heavy atom. The minimum absolute atomic E-state index is 0.0105. The van der Waals surface area contributed by atoms with Gasteiger partial charge in [0.15, 0.2) is 5.79 Å². The molecular formula is C34H62N2O6. The van der Waals surface area contributed by atoms with E-state index in [9.17, 15) is 14.4 Å². The molecule has 0 spiro atoms. The summed E-state index contributed by atoms with van der Waals surface area (Å²) in [6.07, 6.45) is 20.7. The molecule has 0 aromatic heterocycles. The first-order chi connectivity index (χ1) is 20.0. The highest BCUT2D eigenvalue weighted by molar-refractivity contribution is 5.82. The van der Waals surface area contributed by atoms with Crippen LogP contribution < -0.4 is 10.6 Å². The molecule has 1 rings (SSSR count). The molecule has 2 unspecified atom stereocenters. The van der Waals surface area contributed by atoms with Gasteiger partial charge in [-0.3, -0.25) is 14.4 Å². The predicted molar refractivity (Wildman–Crippen MR) is 169 cm³/mol. The minimum Gasteiger partial charge on any atom is -0.466 e. The van der Waals surface area contributed by atoms with Crippen LogP contribution in [-0.4, -0.2) is 56.0 Å². The first-order valence-electron chi connectivity index (χ1n) is 16.7. The first-order valence-corrected chi connectivity index (χ1v) is 16.7. The minimum atomic E-state index is -0.826. The molecule has 8 heteroatoms. The Hall–Kier alpha value is -1.93. The number of allylic oxidation sites excluding steroid dienone is 2. The number of hydrogen-bond acceptors (Lipinski definition) is 6. The maximum absolute atomic E-state index is 12.6. The topological polar surface area (TPSA) is 103 Å². The van der Waals surface area contributed by atoms with E-state index in [1.807, 2.05) is 20.8 Å². The van der Waals surface area contributed by atoms with Crippen molar-refractivity contribution in [3.05, 3.63) is 12.2 Å². The Morgan fingerprint density at radius 3 is 2.14 bits per heavy atom. The van der Waals surface area contributed by atoms with E-state index in [1.165, 1.54) is 57.8 Å². The maximum atomic E-state index is 12.6. The number of carbonyl (C=O) groups is 3. The van der Waals surface area contributed by atoms with Crippen LogP contribution in [0.2, 0.25) is 0 Å². The van der Waals surface area contributed by atoms with Crippen LogP contribution in [0.1, 0.15) is 138 Å². The molecule has 0 aromatic carbocycles. The SMILES string of the molecule is CCCCCCCCC=CCCCCCCC(C)C(=O)NCCCOC(=O)CCNC(=O)C1OC(C)(C)OCC1(C)C. The van der Waals surface area contributed by atoms with E-state index in [0.717, 1.165) is 25.7 Å². The Kier molecular flexibility index (Phi) is 19.7. The van der Waals surface area contributed by atoms with Crippen LogP contribution in [0.5, 0.6) is 0 Å². The summed E-state index contributed by atoms with van der Waals surface area (Å²) in [6, 6.07) is 0. The van der Waals surface area contributed by atoms with E-state index in [4.69, 9.17) is 14.2 Å². The van der Waals surface area contributed by atoms with E-state index in [0.29, 0.717) is 19.6 Å². The van der Waals surface area contributed by atoms with Crippen molar-refractivity contribution in [1.29, 1.82) is 0 Å². The molecule has 1 saturated heterocycles. The fourth-order valence-electron chi connectivity index (χ4n) is 4.89. The lowest BCUT2D eigenvalue weighted by atomic mass is 9.85. The number of ether oxygens (including phenoxy) is 3. The number of rotatable bonds is 23. The van der Waals surface area contributed by atoms with Crippen LogP contribution in [0.3, 0.4) is 0 Å². The van der Waals surface area contributed by atoms with Crippen molar-refractivity contribution in [2.75, 3.05) is 26.3 Å². The Labute approximate surface area is 256 Å². The Morgan fingerprint density at radius 2 is 1.48 bits per heavy atom. The lowest BCUT2D eigenvalue weighted by Gasteiger charge is -2.44. The maximum Gasteiger partial charge on any atom is 0.307 e. The smallest absolute Gasteiger partial charge is 0.307 e. The average molecular weight is 595 g/mol. The fraction of sp³-hybridized carbons (Fsp3) is 0.853. The molecule has 0 aliphatic carbocycles. The van der Waals surface area contributed by atoms with Gasteiger partial charge in [0.2, 0.25) is 11.8 Å². The quantitative estimate of drug-likeness (QED) is 0.0750. The number of hydrogen-bond donors (Lipinski definition) is 2. The molecule has 1 aliphatic heterocycles. The number of unbranched alkanes of at least 4 members (excludes halogenated alkanes) is 10. The van der Waals surface area contributed by atoms with Crippen LogP contribution in [-0.2, 0) is 28.6 Å². The van der Waals surface area contributed by atoms with Crippen molar-refractivity contribution in [2.45, 2.75) is 150 Å². The first kappa shape index (κ1) is 38.1. The summed E-state index contributed by atoms with van der Waals surface area (Å²) < 4.78 is 16.7. The van der Waals surface area contributed by atoms with Gasteiger partial charge in [-0.15, -0.1) is 0 Å². The molecule has 1 fully saturated rings. The molecule has 2 atom stereocenters. The summed E-state index contributed by atoms with van der Waals surface area (Å²) in [6.45, 7) is 12.9. The van der Waals surface area contributed by atoms with Gasteiger partial charge in [0.05, 0.1) is 19.6 Å². The number of esters is 1. The molecule has 0 bridgehead atoms. The zero-order valence-electron chi connectivity index (χ0n) is 27.7. The van der Waals surface area contributed by atoms with E-state index in [2.05, 4.69) is 29.7 Å². The molecule has 0 aromatic rings. The standard InChI is InChI=1S/C34H62N2O6/c1-7-8-9-10-11-12-13-14-15-16-17-18-19-20-22-28(2)31(38)35-24-21-26-40-29(37)23-25-36-32(39)30-33(3,4)27-41-34(5,6)42-30/h14-15,28,30H,7-13,16-27H2,1-6H3,(H,35,38)(H,36,39). The van der Waals surface area contributed by atoms with Crippen molar-refractivity contribution in [3.8, 4) is 0 Å².